The SMILES string of the molecule is CCN(CC)CCN1C(=O)C2C(C(=O)Nc3ccc(Cl)c(Cl)c3)C3C=CC2(O3)C1C(=O)N1CCCCC1. The number of piperidine rings is 1. The van der Waals surface area contributed by atoms with E-state index in [4.69, 9.17) is 27.9 Å². The molecule has 2 bridgehead atoms. The summed E-state index contributed by atoms with van der Waals surface area (Å²) in [6, 6.07) is 4.09. The van der Waals surface area contributed by atoms with Crippen molar-refractivity contribution in [1.29, 1.82) is 0 Å². The minimum Gasteiger partial charge on any atom is -0.359 e. The molecule has 10 heteroatoms. The Morgan fingerprint density at radius 2 is 1.86 bits per heavy atom. The molecule has 3 amide bonds. The second-order valence-electron chi connectivity index (χ2n) is 10.3. The molecule has 5 atom stereocenters. The lowest BCUT2D eigenvalue weighted by atomic mass is 9.74. The predicted molar refractivity (Wildman–Crippen MR) is 143 cm³/mol. The van der Waals surface area contributed by atoms with Crippen molar-refractivity contribution in [3.05, 3.63) is 40.4 Å². The number of carbonyl (C=O) groups excluding carboxylic acids is 3. The number of benzene rings is 1. The van der Waals surface area contributed by atoms with Crippen molar-refractivity contribution < 1.29 is 19.1 Å². The van der Waals surface area contributed by atoms with Crippen LogP contribution in [0.15, 0.2) is 30.4 Å². The highest BCUT2D eigenvalue weighted by atomic mass is 35.5. The third-order valence-corrected chi connectivity index (χ3v) is 9.06. The molecule has 1 aromatic carbocycles. The average molecular weight is 549 g/mol. The zero-order valence-electron chi connectivity index (χ0n) is 21.3. The Bertz CT molecular complexity index is 1100. The number of nitrogens with zero attached hydrogens (tertiary/aromatic N) is 3. The number of likely N-dealkylation sites (tertiary alicyclic amines) is 2. The average Bonchev–Trinajstić information content (AvgIpc) is 3.54. The summed E-state index contributed by atoms with van der Waals surface area (Å²) in [5.41, 5.74) is -0.649. The molecule has 0 aromatic heterocycles. The quantitative estimate of drug-likeness (QED) is 0.503. The van der Waals surface area contributed by atoms with Gasteiger partial charge in [0.15, 0.2) is 0 Å². The van der Waals surface area contributed by atoms with Crippen LogP contribution in [0.4, 0.5) is 5.69 Å². The first-order chi connectivity index (χ1) is 17.8. The van der Waals surface area contributed by atoms with E-state index < -0.39 is 29.6 Å². The van der Waals surface area contributed by atoms with E-state index in [1.54, 1.807) is 23.1 Å². The van der Waals surface area contributed by atoms with Gasteiger partial charge in [0.1, 0.15) is 11.6 Å². The van der Waals surface area contributed by atoms with Crippen LogP contribution in [-0.2, 0) is 19.1 Å². The van der Waals surface area contributed by atoms with Gasteiger partial charge in [-0.15, -0.1) is 0 Å². The fourth-order valence-electron chi connectivity index (χ4n) is 6.36. The molecule has 5 unspecified atom stereocenters. The lowest BCUT2D eigenvalue weighted by Gasteiger charge is -2.38. The van der Waals surface area contributed by atoms with E-state index in [1.165, 1.54) is 0 Å². The zero-order valence-corrected chi connectivity index (χ0v) is 22.8. The van der Waals surface area contributed by atoms with Crippen LogP contribution in [0.2, 0.25) is 10.0 Å². The fraction of sp³-hybridized carbons (Fsp3) is 0.593. The standard InChI is InChI=1S/C27H34Cl2N4O4/c1-3-31(4-2)14-15-33-23(26(36)32-12-6-5-7-13-32)27-11-10-20(37-27)21(22(27)25(33)35)24(34)30-17-8-9-18(28)19(29)16-17/h8-11,16,20-23H,3-7,12-15H2,1-2H3,(H,30,34). The number of halogens is 2. The first-order valence-corrected chi connectivity index (χ1v) is 14.0. The van der Waals surface area contributed by atoms with Gasteiger partial charge in [-0.1, -0.05) is 49.2 Å². The minimum atomic E-state index is -1.14. The summed E-state index contributed by atoms with van der Waals surface area (Å²) >= 11 is 12.2. The maximum Gasteiger partial charge on any atom is 0.248 e. The second-order valence-corrected chi connectivity index (χ2v) is 11.1. The van der Waals surface area contributed by atoms with E-state index >= 15 is 0 Å². The Morgan fingerprint density at radius 3 is 2.54 bits per heavy atom. The monoisotopic (exact) mass is 548 g/mol. The zero-order chi connectivity index (χ0) is 26.3. The molecule has 0 radical (unpaired) electrons. The molecule has 37 heavy (non-hydrogen) atoms. The maximum absolute atomic E-state index is 14.0. The molecule has 200 valence electrons. The van der Waals surface area contributed by atoms with Crippen LogP contribution in [-0.4, -0.2) is 89.4 Å². The number of hydrogen-bond acceptors (Lipinski definition) is 5. The van der Waals surface area contributed by atoms with Crippen molar-refractivity contribution in [2.24, 2.45) is 11.8 Å². The Hall–Kier alpha value is -2.13. The first kappa shape index (κ1) is 26.5. The van der Waals surface area contributed by atoms with Crippen molar-refractivity contribution in [1.82, 2.24) is 14.7 Å². The highest BCUT2D eigenvalue weighted by molar-refractivity contribution is 6.42. The number of hydrogen-bond donors (Lipinski definition) is 1. The molecule has 0 aliphatic carbocycles. The van der Waals surface area contributed by atoms with Crippen molar-refractivity contribution in [3.63, 3.8) is 0 Å². The Labute approximate surface area is 227 Å². The molecule has 1 spiro atoms. The Balaban J connectivity index is 1.45. The normalized spacial score (nSPS) is 30.4. The van der Waals surface area contributed by atoms with Gasteiger partial charge in [-0.05, 0) is 50.6 Å². The van der Waals surface area contributed by atoms with Crippen LogP contribution in [0, 0.1) is 11.8 Å². The molecule has 1 N–H and O–H groups in total. The summed E-state index contributed by atoms with van der Waals surface area (Å²) in [6.45, 7) is 8.29. The van der Waals surface area contributed by atoms with Crippen LogP contribution in [0.3, 0.4) is 0 Å². The van der Waals surface area contributed by atoms with Crippen molar-refractivity contribution in [3.8, 4) is 0 Å². The molecule has 4 heterocycles. The molecular formula is C27H34Cl2N4O4. The van der Waals surface area contributed by atoms with E-state index in [-0.39, 0.29) is 17.7 Å². The number of likely N-dealkylation sites (N-methyl/N-ethyl adjacent to an activating group) is 1. The number of ether oxygens (including phenoxy) is 1. The molecule has 3 saturated heterocycles. The lowest BCUT2D eigenvalue weighted by Crippen LogP contribution is -2.57. The highest BCUT2D eigenvalue weighted by Crippen LogP contribution is 2.55. The number of amides is 3. The van der Waals surface area contributed by atoms with Crippen LogP contribution in [0.1, 0.15) is 33.1 Å². The number of anilines is 1. The van der Waals surface area contributed by atoms with E-state index in [1.807, 2.05) is 17.1 Å². The molecule has 8 nitrogen and oxygen atoms in total. The van der Waals surface area contributed by atoms with Crippen LogP contribution >= 0.6 is 23.2 Å². The number of nitrogens with one attached hydrogen (secondary N) is 1. The van der Waals surface area contributed by atoms with E-state index in [0.29, 0.717) is 41.9 Å². The molecular weight excluding hydrogens is 515 g/mol. The summed E-state index contributed by atoms with van der Waals surface area (Å²) in [5, 5.41) is 3.60. The van der Waals surface area contributed by atoms with Crippen LogP contribution in [0.25, 0.3) is 0 Å². The third-order valence-electron chi connectivity index (χ3n) is 8.32. The largest absolute Gasteiger partial charge is 0.359 e. The van der Waals surface area contributed by atoms with Gasteiger partial charge >= 0.3 is 0 Å². The summed E-state index contributed by atoms with van der Waals surface area (Å²) in [5.74, 6) is -2.11. The molecule has 5 rings (SSSR count). The van der Waals surface area contributed by atoms with Gasteiger partial charge in [-0.25, -0.2) is 0 Å². The predicted octanol–water partition coefficient (Wildman–Crippen LogP) is 3.44. The Kier molecular flexibility index (Phi) is 7.56. The van der Waals surface area contributed by atoms with Gasteiger partial charge in [-0.3, -0.25) is 14.4 Å². The van der Waals surface area contributed by atoms with E-state index in [0.717, 1.165) is 32.4 Å². The summed E-state index contributed by atoms with van der Waals surface area (Å²) < 4.78 is 6.44. The molecule has 3 fully saturated rings. The second kappa shape index (κ2) is 10.6. The topological polar surface area (TPSA) is 82.2 Å². The summed E-state index contributed by atoms with van der Waals surface area (Å²) in [6.07, 6.45) is 6.15. The molecule has 4 aliphatic rings. The van der Waals surface area contributed by atoms with Crippen molar-refractivity contribution in [2.75, 3.05) is 44.6 Å². The number of carbonyl (C=O) groups is 3. The molecule has 0 saturated carbocycles. The number of rotatable bonds is 8. The van der Waals surface area contributed by atoms with Gasteiger partial charge in [0.2, 0.25) is 17.7 Å². The molecule has 4 aliphatic heterocycles. The van der Waals surface area contributed by atoms with Crippen LogP contribution in [0.5, 0.6) is 0 Å². The van der Waals surface area contributed by atoms with Crippen molar-refractivity contribution >= 4 is 46.6 Å². The molecule has 1 aromatic rings. The maximum atomic E-state index is 14.0. The van der Waals surface area contributed by atoms with Gasteiger partial charge in [0, 0.05) is 31.9 Å². The minimum absolute atomic E-state index is 0.0778. The van der Waals surface area contributed by atoms with Gasteiger partial charge in [0.25, 0.3) is 0 Å². The summed E-state index contributed by atoms with van der Waals surface area (Å²) in [7, 11) is 0. The van der Waals surface area contributed by atoms with Gasteiger partial charge < -0.3 is 24.8 Å². The van der Waals surface area contributed by atoms with E-state index in [9.17, 15) is 14.4 Å². The number of fused-ring (bicyclic) bond motifs is 1. The highest BCUT2D eigenvalue weighted by Gasteiger charge is 2.73. The summed E-state index contributed by atoms with van der Waals surface area (Å²) in [4.78, 5) is 47.3. The fourth-order valence-corrected chi connectivity index (χ4v) is 6.66. The van der Waals surface area contributed by atoms with Gasteiger partial charge in [-0.2, -0.15) is 0 Å². The van der Waals surface area contributed by atoms with E-state index in [2.05, 4.69) is 24.1 Å². The smallest absolute Gasteiger partial charge is 0.248 e. The third kappa shape index (κ3) is 4.56. The van der Waals surface area contributed by atoms with Gasteiger partial charge in [0.05, 0.1) is 28.0 Å². The van der Waals surface area contributed by atoms with Crippen molar-refractivity contribution in [2.45, 2.75) is 50.9 Å². The first-order valence-electron chi connectivity index (χ1n) is 13.3. The van der Waals surface area contributed by atoms with Crippen LogP contribution < -0.4 is 5.32 Å². The lowest BCUT2D eigenvalue weighted by molar-refractivity contribution is -0.148. The Morgan fingerprint density at radius 1 is 1.14 bits per heavy atom.